The quantitative estimate of drug-likeness (QED) is 0.550. The lowest BCUT2D eigenvalue weighted by molar-refractivity contribution is 0.601. The molecule has 6 nitrogen and oxygen atoms in total. The minimum atomic E-state index is -2.64. The van der Waals surface area contributed by atoms with E-state index < -0.39 is 10.9 Å². The molecule has 0 aliphatic heterocycles. The summed E-state index contributed by atoms with van der Waals surface area (Å²) in [5.74, 6) is 0.504. The first kappa shape index (κ1) is 15.2. The minimum Gasteiger partial charge on any atom is -0.339 e. The molecule has 0 radical (unpaired) electrons. The lowest BCUT2D eigenvalue weighted by Gasteiger charge is -2.11. The summed E-state index contributed by atoms with van der Waals surface area (Å²) in [4.78, 5) is 7.90. The predicted molar refractivity (Wildman–Crippen MR) is 81.6 cm³/mol. The van der Waals surface area contributed by atoms with Gasteiger partial charge in [-0.1, -0.05) is 18.2 Å². The number of aromatic nitrogens is 2. The zero-order valence-corrected chi connectivity index (χ0v) is 13.2. The molecule has 0 saturated carbocycles. The molecule has 0 spiro atoms. The van der Waals surface area contributed by atoms with Crippen molar-refractivity contribution in [1.29, 1.82) is 0 Å². The summed E-state index contributed by atoms with van der Waals surface area (Å²) < 4.78 is 24.2. The molecule has 0 unspecified atom stereocenters. The molecule has 1 aromatic carbocycles. The van der Waals surface area contributed by atoms with Gasteiger partial charge in [0.05, 0.1) is 4.47 Å². The van der Waals surface area contributed by atoms with Gasteiger partial charge in [0.15, 0.2) is 0 Å². The normalized spacial score (nSPS) is 10.8. The second-order valence-corrected chi connectivity index (χ2v) is 5.73. The molecule has 0 aliphatic rings. The lowest BCUT2D eigenvalue weighted by atomic mass is 10.2. The zero-order valence-electron chi connectivity index (χ0n) is 10.0. The van der Waals surface area contributed by atoms with E-state index in [0.717, 1.165) is 11.3 Å². The molecular formula is C11H10BrClN4O2S. The van der Waals surface area contributed by atoms with E-state index in [2.05, 4.69) is 35.9 Å². The maximum absolute atomic E-state index is 10.6. The third-order valence-electron chi connectivity index (χ3n) is 2.38. The van der Waals surface area contributed by atoms with E-state index in [4.69, 9.17) is 11.6 Å². The molecule has 0 atom stereocenters. The molecule has 0 bridgehead atoms. The van der Waals surface area contributed by atoms with Crippen LogP contribution >= 0.6 is 27.5 Å². The number of anilines is 2. The van der Waals surface area contributed by atoms with Crippen molar-refractivity contribution in [3.63, 3.8) is 0 Å². The minimum absolute atomic E-state index is 0.119. The van der Waals surface area contributed by atoms with Gasteiger partial charge < -0.3 is 5.32 Å². The van der Waals surface area contributed by atoms with Gasteiger partial charge in [-0.05, 0) is 39.2 Å². The Balaban J connectivity index is 2.26. The van der Waals surface area contributed by atoms with Crippen LogP contribution in [0.15, 0.2) is 34.9 Å². The van der Waals surface area contributed by atoms with Crippen molar-refractivity contribution in [2.75, 3.05) is 5.32 Å². The fraction of sp³-hybridized carbons (Fsp3) is 0.0909. The van der Waals surface area contributed by atoms with E-state index in [9.17, 15) is 8.42 Å². The van der Waals surface area contributed by atoms with E-state index in [1.54, 1.807) is 0 Å². The summed E-state index contributed by atoms with van der Waals surface area (Å²) in [6.45, 7) is 0.193. The molecular weight excluding hydrogens is 368 g/mol. The van der Waals surface area contributed by atoms with Gasteiger partial charge in [0.2, 0.25) is 16.2 Å². The van der Waals surface area contributed by atoms with E-state index in [0.29, 0.717) is 10.3 Å². The smallest absolute Gasteiger partial charge is 0.224 e. The molecule has 106 valence electrons. The maximum atomic E-state index is 10.6. The van der Waals surface area contributed by atoms with Gasteiger partial charge in [-0.25, -0.2) is 18.1 Å². The summed E-state index contributed by atoms with van der Waals surface area (Å²) in [7, 11) is -2.64. The lowest BCUT2D eigenvalue weighted by Crippen LogP contribution is -2.12. The van der Waals surface area contributed by atoms with Gasteiger partial charge in [0, 0.05) is 18.4 Å². The van der Waals surface area contributed by atoms with Crippen molar-refractivity contribution in [3.05, 3.63) is 45.8 Å². The Morgan fingerprint density at radius 1 is 1.30 bits per heavy atom. The number of benzene rings is 1. The summed E-state index contributed by atoms with van der Waals surface area (Å²) in [5, 5.41) is 3.21. The maximum Gasteiger partial charge on any atom is 0.224 e. The van der Waals surface area contributed by atoms with E-state index in [1.807, 2.05) is 24.3 Å². The Morgan fingerprint density at radius 2 is 2.05 bits per heavy atom. The number of thiol groups is 1. The number of nitrogens with one attached hydrogen (secondary N) is 2. The number of para-hydroxylation sites is 1. The van der Waals surface area contributed by atoms with Crippen molar-refractivity contribution >= 4 is 49.9 Å². The van der Waals surface area contributed by atoms with Gasteiger partial charge in [-0.15, -0.1) is 0 Å². The number of hydrogen-bond donors (Lipinski definition) is 3. The second kappa shape index (κ2) is 6.98. The monoisotopic (exact) mass is 376 g/mol. The fourth-order valence-corrected chi connectivity index (χ4v) is 2.23. The Labute approximate surface area is 130 Å². The van der Waals surface area contributed by atoms with Crippen LogP contribution in [0.4, 0.5) is 11.5 Å². The molecule has 2 N–H and O–H groups in total. The van der Waals surface area contributed by atoms with Gasteiger partial charge in [0.25, 0.3) is 0 Å². The van der Waals surface area contributed by atoms with Crippen molar-refractivity contribution in [2.24, 2.45) is 0 Å². The highest BCUT2D eigenvalue weighted by Crippen LogP contribution is 2.26. The standard InChI is InChI=1S/C11H10BrClN4O2S/c12-8-6-14-11(13)17-10(8)16-9-4-2-1-3-7(9)5-15-20(18)19/h1-4,6,20H,5H2,(H,14,16,17)(H,15,18,19). The molecule has 9 heteroatoms. The summed E-state index contributed by atoms with van der Waals surface area (Å²) in [6, 6.07) is 7.28. The van der Waals surface area contributed by atoms with Crippen molar-refractivity contribution in [2.45, 2.75) is 6.54 Å². The number of halogens is 2. The summed E-state index contributed by atoms with van der Waals surface area (Å²) in [5.41, 5.74) is 1.51. The van der Waals surface area contributed by atoms with E-state index in [1.165, 1.54) is 6.20 Å². The summed E-state index contributed by atoms with van der Waals surface area (Å²) >= 11 is 9.07. The molecule has 20 heavy (non-hydrogen) atoms. The van der Waals surface area contributed by atoms with Crippen LogP contribution in [0.1, 0.15) is 5.56 Å². The van der Waals surface area contributed by atoms with Gasteiger partial charge in [-0.3, -0.25) is 0 Å². The van der Waals surface area contributed by atoms with Crippen LogP contribution in [-0.4, -0.2) is 18.4 Å². The van der Waals surface area contributed by atoms with Gasteiger partial charge in [0.1, 0.15) is 5.82 Å². The van der Waals surface area contributed by atoms with Crippen LogP contribution in [0, 0.1) is 0 Å². The first-order chi connectivity index (χ1) is 9.56. The van der Waals surface area contributed by atoms with Crippen molar-refractivity contribution < 1.29 is 8.42 Å². The van der Waals surface area contributed by atoms with Crippen LogP contribution in [-0.2, 0) is 17.4 Å². The van der Waals surface area contributed by atoms with Crippen LogP contribution in [0.2, 0.25) is 5.28 Å². The van der Waals surface area contributed by atoms with Crippen LogP contribution in [0.3, 0.4) is 0 Å². The van der Waals surface area contributed by atoms with E-state index in [-0.39, 0.29) is 11.8 Å². The van der Waals surface area contributed by atoms with Crippen molar-refractivity contribution in [3.8, 4) is 0 Å². The molecule has 2 rings (SSSR count). The number of rotatable bonds is 5. The van der Waals surface area contributed by atoms with Gasteiger partial charge >= 0.3 is 0 Å². The Hall–Kier alpha value is -1.22. The molecule has 0 aliphatic carbocycles. The first-order valence-electron chi connectivity index (χ1n) is 5.47. The molecule has 0 fully saturated rings. The van der Waals surface area contributed by atoms with Crippen LogP contribution in [0.5, 0.6) is 0 Å². The number of nitrogens with zero attached hydrogens (tertiary/aromatic N) is 2. The van der Waals surface area contributed by atoms with Crippen LogP contribution < -0.4 is 10.0 Å². The van der Waals surface area contributed by atoms with Gasteiger partial charge in [-0.2, -0.15) is 4.98 Å². The first-order valence-corrected chi connectivity index (χ1v) is 7.82. The Morgan fingerprint density at radius 3 is 2.80 bits per heavy atom. The number of hydrogen-bond acceptors (Lipinski definition) is 5. The molecule has 0 amide bonds. The highest BCUT2D eigenvalue weighted by molar-refractivity contribution is 9.10. The summed E-state index contributed by atoms with van der Waals surface area (Å²) in [6.07, 6.45) is 1.53. The van der Waals surface area contributed by atoms with Crippen LogP contribution in [0.25, 0.3) is 0 Å². The SMILES string of the molecule is O=[SH](=O)NCc1ccccc1Nc1nc(Cl)ncc1Br. The highest BCUT2D eigenvalue weighted by Gasteiger charge is 2.07. The molecule has 1 heterocycles. The molecule has 0 saturated heterocycles. The molecule has 2 aromatic rings. The average molecular weight is 378 g/mol. The third-order valence-corrected chi connectivity index (χ3v) is 3.56. The second-order valence-electron chi connectivity index (χ2n) is 3.71. The Kier molecular flexibility index (Phi) is 5.30. The fourth-order valence-electron chi connectivity index (χ4n) is 1.51. The third kappa shape index (κ3) is 4.14. The van der Waals surface area contributed by atoms with Crippen molar-refractivity contribution in [1.82, 2.24) is 14.7 Å². The largest absolute Gasteiger partial charge is 0.339 e. The Bertz CT molecular complexity index is 688. The van der Waals surface area contributed by atoms with E-state index >= 15 is 0 Å². The predicted octanol–water partition coefficient (Wildman–Crippen LogP) is 2.25. The topological polar surface area (TPSA) is 84.0 Å². The zero-order chi connectivity index (χ0) is 14.5. The molecule has 1 aromatic heterocycles. The highest BCUT2D eigenvalue weighted by atomic mass is 79.9. The average Bonchev–Trinajstić information content (AvgIpc) is 2.42.